The maximum atomic E-state index is 12.1. The standard InChI is InChI=1S/C23H21ClO5/c1-14-6-5-8-16(12-14)29-20-9-4-3-7-15(20)10-11-17-21(23(27)28-2)18(25)13-19(26)22(17)24/h3-9,12-13,25-26H,10-11H2,1-2H3. The summed E-state index contributed by atoms with van der Waals surface area (Å²) < 4.78 is 10.8. The van der Waals surface area contributed by atoms with E-state index >= 15 is 0 Å². The molecule has 0 bridgehead atoms. The van der Waals surface area contributed by atoms with Gasteiger partial charge in [0.2, 0.25) is 0 Å². The molecule has 0 heterocycles. The van der Waals surface area contributed by atoms with Gasteiger partial charge in [-0.1, -0.05) is 41.9 Å². The molecule has 29 heavy (non-hydrogen) atoms. The molecular formula is C23H21ClO5. The molecule has 0 aromatic heterocycles. The van der Waals surface area contributed by atoms with E-state index in [4.69, 9.17) is 21.1 Å². The van der Waals surface area contributed by atoms with Gasteiger partial charge in [0, 0.05) is 6.07 Å². The number of rotatable bonds is 6. The Bertz CT molecular complexity index is 1050. The van der Waals surface area contributed by atoms with Crippen molar-refractivity contribution in [3.63, 3.8) is 0 Å². The molecule has 3 rings (SSSR count). The number of methoxy groups -OCH3 is 1. The average Bonchev–Trinajstić information content (AvgIpc) is 2.70. The highest BCUT2D eigenvalue weighted by molar-refractivity contribution is 6.33. The second-order valence-corrected chi connectivity index (χ2v) is 6.98. The highest BCUT2D eigenvalue weighted by Gasteiger charge is 2.23. The zero-order valence-electron chi connectivity index (χ0n) is 16.1. The molecule has 3 aromatic carbocycles. The van der Waals surface area contributed by atoms with Crippen LogP contribution in [0.25, 0.3) is 0 Å². The lowest BCUT2D eigenvalue weighted by Crippen LogP contribution is -2.08. The second-order valence-electron chi connectivity index (χ2n) is 6.60. The number of hydrogen-bond donors (Lipinski definition) is 2. The fraction of sp³-hybridized carbons (Fsp3) is 0.174. The normalized spacial score (nSPS) is 10.6. The minimum atomic E-state index is -0.719. The van der Waals surface area contributed by atoms with E-state index < -0.39 is 5.97 Å². The third-order valence-electron chi connectivity index (χ3n) is 4.54. The molecule has 0 aliphatic heterocycles. The number of aryl methyl sites for hydroxylation is 2. The zero-order chi connectivity index (χ0) is 21.0. The predicted octanol–water partition coefficient (Wildman–Crippen LogP) is 5.42. The Morgan fingerprint density at radius 2 is 1.76 bits per heavy atom. The van der Waals surface area contributed by atoms with E-state index in [0.717, 1.165) is 22.9 Å². The fourth-order valence-electron chi connectivity index (χ4n) is 3.12. The average molecular weight is 413 g/mol. The molecule has 0 radical (unpaired) electrons. The van der Waals surface area contributed by atoms with E-state index in [-0.39, 0.29) is 22.1 Å². The molecule has 0 saturated heterocycles. The minimum Gasteiger partial charge on any atom is -0.507 e. The van der Waals surface area contributed by atoms with Crippen LogP contribution in [-0.4, -0.2) is 23.3 Å². The van der Waals surface area contributed by atoms with Crippen molar-refractivity contribution < 1.29 is 24.5 Å². The maximum absolute atomic E-state index is 12.1. The zero-order valence-corrected chi connectivity index (χ0v) is 16.9. The van der Waals surface area contributed by atoms with Crippen LogP contribution in [0.15, 0.2) is 54.6 Å². The fourth-order valence-corrected chi connectivity index (χ4v) is 3.37. The number of phenols is 2. The Labute approximate surface area is 174 Å². The van der Waals surface area contributed by atoms with Crippen molar-refractivity contribution in [2.45, 2.75) is 19.8 Å². The van der Waals surface area contributed by atoms with Crippen LogP contribution in [0.1, 0.15) is 27.0 Å². The number of benzene rings is 3. The first-order valence-electron chi connectivity index (χ1n) is 9.04. The topological polar surface area (TPSA) is 76.0 Å². The van der Waals surface area contributed by atoms with Gasteiger partial charge in [0.15, 0.2) is 0 Å². The van der Waals surface area contributed by atoms with Crippen molar-refractivity contribution >= 4 is 17.6 Å². The maximum Gasteiger partial charge on any atom is 0.341 e. The van der Waals surface area contributed by atoms with Crippen LogP contribution in [-0.2, 0) is 17.6 Å². The third-order valence-corrected chi connectivity index (χ3v) is 4.97. The molecule has 2 N–H and O–H groups in total. The highest BCUT2D eigenvalue weighted by Crippen LogP contribution is 2.38. The Morgan fingerprint density at radius 1 is 1.00 bits per heavy atom. The number of ether oxygens (including phenoxy) is 2. The van der Waals surface area contributed by atoms with Crippen LogP contribution in [0.5, 0.6) is 23.0 Å². The summed E-state index contributed by atoms with van der Waals surface area (Å²) in [6.45, 7) is 1.99. The molecule has 0 fully saturated rings. The van der Waals surface area contributed by atoms with Gasteiger partial charge in [-0.05, 0) is 54.7 Å². The minimum absolute atomic E-state index is 0.0142. The Hall–Kier alpha value is -3.18. The summed E-state index contributed by atoms with van der Waals surface area (Å²) in [5.74, 6) is 0.0109. The Morgan fingerprint density at radius 3 is 2.48 bits per heavy atom. The highest BCUT2D eigenvalue weighted by atomic mass is 35.5. The summed E-state index contributed by atoms with van der Waals surface area (Å²) in [5, 5.41) is 20.1. The molecule has 0 spiro atoms. The number of esters is 1. The van der Waals surface area contributed by atoms with Crippen LogP contribution >= 0.6 is 11.6 Å². The van der Waals surface area contributed by atoms with Crippen LogP contribution < -0.4 is 4.74 Å². The number of hydrogen-bond acceptors (Lipinski definition) is 5. The summed E-state index contributed by atoms with van der Waals surface area (Å²) in [6.07, 6.45) is 0.758. The molecule has 0 saturated carbocycles. The molecule has 0 amide bonds. The Balaban J connectivity index is 1.90. The van der Waals surface area contributed by atoms with Gasteiger partial charge in [0.05, 0.1) is 12.1 Å². The van der Waals surface area contributed by atoms with Gasteiger partial charge in [-0.2, -0.15) is 0 Å². The molecular weight excluding hydrogens is 392 g/mol. The first-order valence-corrected chi connectivity index (χ1v) is 9.42. The van der Waals surface area contributed by atoms with Gasteiger partial charge in [-0.15, -0.1) is 0 Å². The van der Waals surface area contributed by atoms with E-state index in [9.17, 15) is 15.0 Å². The summed E-state index contributed by atoms with van der Waals surface area (Å²) in [5.41, 5.74) is 2.25. The van der Waals surface area contributed by atoms with Gasteiger partial charge in [-0.25, -0.2) is 4.79 Å². The molecule has 3 aromatic rings. The Kier molecular flexibility index (Phi) is 6.29. The molecule has 0 unspecified atom stereocenters. The van der Waals surface area contributed by atoms with Crippen molar-refractivity contribution in [1.29, 1.82) is 0 Å². The van der Waals surface area contributed by atoms with Crippen molar-refractivity contribution in [3.8, 4) is 23.0 Å². The lowest BCUT2D eigenvalue weighted by Gasteiger charge is -2.15. The number of halogens is 1. The van der Waals surface area contributed by atoms with Crippen LogP contribution in [0.3, 0.4) is 0 Å². The van der Waals surface area contributed by atoms with Crippen LogP contribution in [0.2, 0.25) is 5.02 Å². The largest absolute Gasteiger partial charge is 0.507 e. The lowest BCUT2D eigenvalue weighted by molar-refractivity contribution is 0.0596. The SMILES string of the molecule is COC(=O)c1c(O)cc(O)c(Cl)c1CCc1ccccc1Oc1cccc(C)c1. The van der Waals surface area contributed by atoms with Gasteiger partial charge >= 0.3 is 5.97 Å². The molecule has 0 aliphatic rings. The summed E-state index contributed by atoms with van der Waals surface area (Å²) in [7, 11) is 1.22. The molecule has 0 atom stereocenters. The van der Waals surface area contributed by atoms with Gasteiger partial charge in [-0.3, -0.25) is 0 Å². The van der Waals surface area contributed by atoms with Gasteiger partial charge in [0.1, 0.15) is 28.6 Å². The summed E-state index contributed by atoms with van der Waals surface area (Å²) in [4.78, 5) is 12.1. The third kappa shape index (κ3) is 4.63. The van der Waals surface area contributed by atoms with E-state index in [0.29, 0.717) is 24.2 Å². The van der Waals surface area contributed by atoms with Crippen LogP contribution in [0, 0.1) is 6.92 Å². The van der Waals surface area contributed by atoms with Crippen LogP contribution in [0.4, 0.5) is 0 Å². The predicted molar refractivity (Wildman–Crippen MR) is 111 cm³/mol. The van der Waals surface area contributed by atoms with Gasteiger partial charge < -0.3 is 19.7 Å². The number of carbonyl (C=O) groups is 1. The molecule has 0 aliphatic carbocycles. The monoisotopic (exact) mass is 412 g/mol. The van der Waals surface area contributed by atoms with Gasteiger partial charge in [0.25, 0.3) is 0 Å². The van der Waals surface area contributed by atoms with Crippen molar-refractivity contribution in [2.24, 2.45) is 0 Å². The number of phenolic OH excluding ortho intramolecular Hbond substituents is 2. The second kappa shape index (κ2) is 8.88. The van der Waals surface area contributed by atoms with E-state index in [1.165, 1.54) is 7.11 Å². The van der Waals surface area contributed by atoms with Crippen molar-refractivity contribution in [1.82, 2.24) is 0 Å². The smallest absolute Gasteiger partial charge is 0.341 e. The molecule has 6 heteroatoms. The molecule has 5 nitrogen and oxygen atoms in total. The quantitative estimate of drug-likeness (QED) is 0.528. The number of carbonyl (C=O) groups excluding carboxylic acids is 1. The number of para-hydroxylation sites is 1. The van der Waals surface area contributed by atoms with E-state index in [1.807, 2.05) is 55.5 Å². The first kappa shape index (κ1) is 20.6. The number of aromatic hydroxyl groups is 2. The van der Waals surface area contributed by atoms with E-state index in [1.54, 1.807) is 0 Å². The van der Waals surface area contributed by atoms with Crippen molar-refractivity contribution in [2.75, 3.05) is 7.11 Å². The first-order chi connectivity index (χ1) is 13.9. The lowest BCUT2D eigenvalue weighted by atomic mass is 9.98. The molecule has 150 valence electrons. The summed E-state index contributed by atoms with van der Waals surface area (Å²) in [6, 6.07) is 16.3. The summed E-state index contributed by atoms with van der Waals surface area (Å²) >= 11 is 6.22. The van der Waals surface area contributed by atoms with Crippen molar-refractivity contribution in [3.05, 3.63) is 81.9 Å². The van der Waals surface area contributed by atoms with E-state index in [2.05, 4.69) is 0 Å².